The molecule has 1 aromatic rings. The fourth-order valence-electron chi connectivity index (χ4n) is 1.86. The number of nitrogens with two attached hydrogens (primary N) is 1. The van der Waals surface area contributed by atoms with E-state index in [2.05, 4.69) is 22.3 Å². The molecule has 0 aromatic heterocycles. The average molecular weight is 249 g/mol. The molecule has 18 heavy (non-hydrogen) atoms. The predicted molar refractivity (Wildman–Crippen MR) is 74.3 cm³/mol. The van der Waals surface area contributed by atoms with Crippen molar-refractivity contribution in [2.24, 2.45) is 5.73 Å². The van der Waals surface area contributed by atoms with Crippen LogP contribution in [0.25, 0.3) is 0 Å². The second kappa shape index (κ2) is 6.52. The third kappa shape index (κ3) is 4.13. The zero-order valence-electron chi connectivity index (χ0n) is 11.4. The standard InChI is InChI=1S/C14H23N3O/c1-14(16-2,13(15)18)11-17(3)10-9-12-7-5-4-6-8-12/h4-8,16H,9-11H2,1-3H3,(H2,15,18). The summed E-state index contributed by atoms with van der Waals surface area (Å²) in [5, 5.41) is 2.99. The van der Waals surface area contributed by atoms with Crippen LogP contribution in [0.4, 0.5) is 0 Å². The highest BCUT2D eigenvalue weighted by Crippen LogP contribution is 2.06. The van der Waals surface area contributed by atoms with Crippen LogP contribution in [0.15, 0.2) is 30.3 Å². The molecule has 4 heteroatoms. The summed E-state index contributed by atoms with van der Waals surface area (Å²) in [7, 11) is 3.76. The maximum absolute atomic E-state index is 11.4. The summed E-state index contributed by atoms with van der Waals surface area (Å²) in [6, 6.07) is 10.3. The molecular weight excluding hydrogens is 226 g/mol. The number of carbonyl (C=O) groups is 1. The molecule has 100 valence electrons. The van der Waals surface area contributed by atoms with Gasteiger partial charge in [0, 0.05) is 13.1 Å². The number of amides is 1. The van der Waals surface area contributed by atoms with Crippen LogP contribution in [0.1, 0.15) is 12.5 Å². The molecule has 0 heterocycles. The summed E-state index contributed by atoms with van der Waals surface area (Å²) in [6.07, 6.45) is 0.968. The molecule has 0 aliphatic rings. The molecular formula is C14H23N3O. The molecule has 0 spiro atoms. The second-order valence-corrected chi connectivity index (χ2v) is 4.92. The Morgan fingerprint density at radius 2 is 2.00 bits per heavy atom. The fourth-order valence-corrected chi connectivity index (χ4v) is 1.86. The molecule has 0 aliphatic carbocycles. The van der Waals surface area contributed by atoms with Crippen LogP contribution in [0, 0.1) is 0 Å². The van der Waals surface area contributed by atoms with Crippen molar-refractivity contribution < 1.29 is 4.79 Å². The Balaban J connectivity index is 2.47. The smallest absolute Gasteiger partial charge is 0.238 e. The van der Waals surface area contributed by atoms with E-state index in [0.717, 1.165) is 13.0 Å². The van der Waals surface area contributed by atoms with Gasteiger partial charge in [-0.05, 0) is 33.0 Å². The molecule has 0 radical (unpaired) electrons. The Morgan fingerprint density at radius 1 is 1.39 bits per heavy atom. The van der Waals surface area contributed by atoms with Gasteiger partial charge in [0.2, 0.25) is 5.91 Å². The highest BCUT2D eigenvalue weighted by Gasteiger charge is 2.30. The molecule has 1 aromatic carbocycles. The normalized spacial score (nSPS) is 14.4. The van der Waals surface area contributed by atoms with Crippen LogP contribution < -0.4 is 11.1 Å². The fraction of sp³-hybridized carbons (Fsp3) is 0.500. The first-order valence-electron chi connectivity index (χ1n) is 6.19. The first-order chi connectivity index (χ1) is 8.48. The molecule has 1 atom stereocenters. The molecule has 0 saturated heterocycles. The lowest BCUT2D eigenvalue weighted by molar-refractivity contribution is -0.124. The van der Waals surface area contributed by atoms with Crippen molar-refractivity contribution in [1.29, 1.82) is 0 Å². The predicted octanol–water partition coefficient (Wildman–Crippen LogP) is 0.624. The van der Waals surface area contributed by atoms with E-state index in [-0.39, 0.29) is 5.91 Å². The molecule has 1 amide bonds. The van der Waals surface area contributed by atoms with Gasteiger partial charge >= 0.3 is 0 Å². The number of rotatable bonds is 7. The summed E-state index contributed by atoms with van der Waals surface area (Å²) in [6.45, 7) is 3.33. The van der Waals surface area contributed by atoms with Crippen LogP contribution in [-0.2, 0) is 11.2 Å². The summed E-state index contributed by atoms with van der Waals surface area (Å²) >= 11 is 0. The third-order valence-electron chi connectivity index (χ3n) is 3.31. The van der Waals surface area contributed by atoms with Gasteiger partial charge in [0.25, 0.3) is 0 Å². The number of nitrogens with zero attached hydrogens (tertiary/aromatic N) is 1. The highest BCUT2D eigenvalue weighted by molar-refractivity contribution is 5.84. The average Bonchev–Trinajstić information content (AvgIpc) is 2.37. The number of carbonyl (C=O) groups excluding carboxylic acids is 1. The molecule has 0 aliphatic heterocycles. The Kier molecular flexibility index (Phi) is 5.31. The summed E-state index contributed by atoms with van der Waals surface area (Å²) in [5.74, 6) is -0.323. The van der Waals surface area contributed by atoms with E-state index >= 15 is 0 Å². The van der Waals surface area contributed by atoms with Crippen LogP contribution in [0.3, 0.4) is 0 Å². The highest BCUT2D eigenvalue weighted by atomic mass is 16.1. The van der Waals surface area contributed by atoms with Crippen LogP contribution in [0.2, 0.25) is 0 Å². The van der Waals surface area contributed by atoms with E-state index in [0.29, 0.717) is 6.54 Å². The van der Waals surface area contributed by atoms with E-state index in [1.807, 2.05) is 32.2 Å². The van der Waals surface area contributed by atoms with E-state index in [1.54, 1.807) is 7.05 Å². The van der Waals surface area contributed by atoms with Gasteiger partial charge in [-0.25, -0.2) is 0 Å². The maximum atomic E-state index is 11.4. The first-order valence-corrected chi connectivity index (χ1v) is 6.19. The molecule has 0 saturated carbocycles. The van der Waals surface area contributed by atoms with Gasteiger partial charge in [-0.1, -0.05) is 30.3 Å². The minimum atomic E-state index is -0.675. The van der Waals surface area contributed by atoms with Crippen molar-refractivity contribution in [3.05, 3.63) is 35.9 Å². The van der Waals surface area contributed by atoms with Crippen molar-refractivity contribution >= 4 is 5.91 Å². The van der Waals surface area contributed by atoms with E-state index in [9.17, 15) is 4.79 Å². The monoisotopic (exact) mass is 249 g/mol. The molecule has 1 unspecified atom stereocenters. The first kappa shape index (κ1) is 14.7. The SMILES string of the molecule is CNC(C)(CN(C)CCc1ccccc1)C(N)=O. The lowest BCUT2D eigenvalue weighted by Gasteiger charge is -2.30. The summed E-state index contributed by atoms with van der Waals surface area (Å²) in [5.41, 5.74) is 6.03. The van der Waals surface area contributed by atoms with Crippen molar-refractivity contribution in [1.82, 2.24) is 10.2 Å². The zero-order valence-corrected chi connectivity index (χ0v) is 11.4. The molecule has 1 rings (SSSR count). The largest absolute Gasteiger partial charge is 0.368 e. The third-order valence-corrected chi connectivity index (χ3v) is 3.31. The number of nitrogens with one attached hydrogen (secondary N) is 1. The Bertz CT molecular complexity index is 380. The van der Waals surface area contributed by atoms with Gasteiger partial charge in [0.15, 0.2) is 0 Å². The lowest BCUT2D eigenvalue weighted by atomic mass is 10.0. The van der Waals surface area contributed by atoms with Crippen molar-refractivity contribution in [3.8, 4) is 0 Å². The maximum Gasteiger partial charge on any atom is 0.238 e. The number of benzene rings is 1. The van der Waals surface area contributed by atoms with Gasteiger partial charge in [-0.15, -0.1) is 0 Å². The number of hydrogen-bond donors (Lipinski definition) is 2. The topological polar surface area (TPSA) is 58.4 Å². The Labute approximate surface area is 109 Å². The molecule has 0 fully saturated rings. The van der Waals surface area contributed by atoms with Gasteiger partial charge in [0.05, 0.1) is 0 Å². The quantitative estimate of drug-likeness (QED) is 0.745. The number of likely N-dealkylation sites (N-methyl/N-ethyl adjacent to an activating group) is 2. The van der Waals surface area contributed by atoms with Crippen molar-refractivity contribution in [2.75, 3.05) is 27.2 Å². The Morgan fingerprint density at radius 3 is 2.50 bits per heavy atom. The Hall–Kier alpha value is -1.39. The van der Waals surface area contributed by atoms with Crippen LogP contribution in [0.5, 0.6) is 0 Å². The van der Waals surface area contributed by atoms with Gasteiger partial charge in [-0.2, -0.15) is 0 Å². The minimum Gasteiger partial charge on any atom is -0.368 e. The van der Waals surface area contributed by atoms with Crippen LogP contribution in [-0.4, -0.2) is 43.5 Å². The number of primary amides is 1. The lowest BCUT2D eigenvalue weighted by Crippen LogP contribution is -2.58. The molecule has 0 bridgehead atoms. The van der Waals surface area contributed by atoms with E-state index in [1.165, 1.54) is 5.56 Å². The summed E-state index contributed by atoms with van der Waals surface area (Å²) in [4.78, 5) is 13.5. The van der Waals surface area contributed by atoms with Gasteiger partial charge in [0.1, 0.15) is 5.54 Å². The van der Waals surface area contributed by atoms with Gasteiger partial charge < -0.3 is 16.0 Å². The van der Waals surface area contributed by atoms with E-state index in [4.69, 9.17) is 5.73 Å². The van der Waals surface area contributed by atoms with Crippen molar-refractivity contribution in [2.45, 2.75) is 18.9 Å². The van der Waals surface area contributed by atoms with E-state index < -0.39 is 5.54 Å². The van der Waals surface area contributed by atoms with Crippen LogP contribution >= 0.6 is 0 Å². The summed E-state index contributed by atoms with van der Waals surface area (Å²) < 4.78 is 0. The second-order valence-electron chi connectivity index (χ2n) is 4.92. The van der Waals surface area contributed by atoms with Gasteiger partial charge in [-0.3, -0.25) is 4.79 Å². The van der Waals surface area contributed by atoms with Crippen molar-refractivity contribution in [3.63, 3.8) is 0 Å². The molecule has 4 nitrogen and oxygen atoms in total. The molecule has 3 N–H and O–H groups in total. The zero-order chi connectivity index (χ0) is 13.6. The number of hydrogen-bond acceptors (Lipinski definition) is 3. The minimum absolute atomic E-state index is 0.323.